The minimum Gasteiger partial charge on any atom is -0.364 e. The van der Waals surface area contributed by atoms with Crippen LogP contribution in [0.5, 0.6) is 0 Å². The van der Waals surface area contributed by atoms with Gasteiger partial charge in [-0.15, -0.1) is 0 Å². The van der Waals surface area contributed by atoms with E-state index in [1.807, 2.05) is 0 Å². The Morgan fingerprint density at radius 3 is 2.57 bits per heavy atom. The number of pyridine rings is 1. The van der Waals surface area contributed by atoms with Crippen molar-refractivity contribution in [1.29, 1.82) is 0 Å². The fourth-order valence-corrected chi connectivity index (χ4v) is 1.27. The van der Waals surface area contributed by atoms with Gasteiger partial charge in [-0.05, 0) is 15.9 Å². The summed E-state index contributed by atoms with van der Waals surface area (Å²) in [4.78, 5) is 13.8. The predicted octanol–water partition coefficient (Wildman–Crippen LogP) is 2.02. The number of halogens is 4. The molecular weight excluding hydrogens is 265 g/mol. The molecule has 14 heavy (non-hydrogen) atoms. The Morgan fingerprint density at radius 1 is 1.57 bits per heavy atom. The molecule has 1 amide bonds. The fraction of sp³-hybridized carbons (Fsp3) is 0.143. The highest BCUT2D eigenvalue weighted by Gasteiger charge is 2.20. The summed E-state index contributed by atoms with van der Waals surface area (Å²) < 4.78 is 37.0. The van der Waals surface area contributed by atoms with Gasteiger partial charge < -0.3 is 5.73 Å². The summed E-state index contributed by atoms with van der Waals surface area (Å²) in [5.41, 5.74) is 3.48. The average molecular weight is 269 g/mol. The van der Waals surface area contributed by atoms with Gasteiger partial charge in [-0.25, -0.2) is 18.2 Å². The molecule has 0 bridgehead atoms. The van der Waals surface area contributed by atoms with E-state index in [0.717, 1.165) is 0 Å². The molecule has 3 nitrogen and oxygen atoms in total. The normalized spacial score (nSPS) is 10.6. The summed E-state index contributed by atoms with van der Waals surface area (Å²) in [6.07, 6.45) is -2.16. The molecule has 0 atom stereocenters. The van der Waals surface area contributed by atoms with E-state index in [1.165, 1.54) is 0 Å². The summed E-state index contributed by atoms with van der Waals surface area (Å²) >= 11 is 2.60. The number of amides is 1. The van der Waals surface area contributed by atoms with Crippen LogP contribution in [0.4, 0.5) is 13.2 Å². The lowest BCUT2D eigenvalue weighted by Crippen LogP contribution is -2.16. The molecular formula is C7H4BrF3N2O. The number of primary amides is 1. The Labute approximate surface area is 85.2 Å². The summed E-state index contributed by atoms with van der Waals surface area (Å²) in [7, 11) is 0. The quantitative estimate of drug-likeness (QED) is 0.892. The Bertz CT molecular complexity index is 383. The van der Waals surface area contributed by atoms with E-state index >= 15 is 0 Å². The van der Waals surface area contributed by atoms with Crippen LogP contribution in [0.1, 0.15) is 22.5 Å². The largest absolute Gasteiger partial charge is 0.364 e. The molecule has 0 radical (unpaired) electrons. The van der Waals surface area contributed by atoms with Gasteiger partial charge in [0.05, 0.1) is 10.0 Å². The second kappa shape index (κ2) is 3.95. The second-order valence-electron chi connectivity index (χ2n) is 2.36. The Balaban J connectivity index is 3.33. The number of rotatable bonds is 2. The molecule has 0 fully saturated rings. The van der Waals surface area contributed by atoms with Crippen molar-refractivity contribution >= 4 is 21.8 Å². The van der Waals surface area contributed by atoms with Gasteiger partial charge in [-0.3, -0.25) is 4.79 Å². The first-order valence-electron chi connectivity index (χ1n) is 3.37. The zero-order valence-electron chi connectivity index (χ0n) is 6.60. The van der Waals surface area contributed by atoms with E-state index in [0.29, 0.717) is 6.20 Å². The van der Waals surface area contributed by atoms with Crippen LogP contribution < -0.4 is 5.73 Å². The molecule has 0 saturated carbocycles. The van der Waals surface area contributed by atoms with Crippen LogP contribution in [0, 0.1) is 5.82 Å². The van der Waals surface area contributed by atoms with Crippen molar-refractivity contribution in [2.45, 2.75) is 6.43 Å². The smallest absolute Gasteiger partial charge is 0.270 e. The summed E-state index contributed by atoms with van der Waals surface area (Å²) in [5.74, 6) is -2.28. The zero-order chi connectivity index (χ0) is 10.9. The molecule has 1 aromatic heterocycles. The number of hydrogen-bond donors (Lipinski definition) is 1. The fourth-order valence-electron chi connectivity index (χ4n) is 0.802. The van der Waals surface area contributed by atoms with Gasteiger partial charge in [0, 0.05) is 6.20 Å². The standard InChI is InChI=1S/C7H4BrF3N2O/c8-3-2(6(10)11)1-13-5(4(3)9)7(12)14/h1,6H,(H2,12,14). The van der Waals surface area contributed by atoms with Crippen LogP contribution in [0.15, 0.2) is 10.7 Å². The number of hydrogen-bond acceptors (Lipinski definition) is 2. The molecule has 0 aliphatic carbocycles. The second-order valence-corrected chi connectivity index (χ2v) is 3.15. The Morgan fingerprint density at radius 2 is 2.14 bits per heavy atom. The highest BCUT2D eigenvalue weighted by molar-refractivity contribution is 9.10. The Hall–Kier alpha value is -1.11. The van der Waals surface area contributed by atoms with Gasteiger partial charge >= 0.3 is 0 Å². The molecule has 7 heteroatoms. The maximum Gasteiger partial charge on any atom is 0.270 e. The van der Waals surface area contributed by atoms with E-state index < -0.39 is 33.9 Å². The van der Waals surface area contributed by atoms with Gasteiger partial charge in [0.1, 0.15) is 0 Å². The van der Waals surface area contributed by atoms with Crippen molar-refractivity contribution in [1.82, 2.24) is 4.98 Å². The molecule has 0 aliphatic rings. The van der Waals surface area contributed by atoms with Gasteiger partial charge in [-0.2, -0.15) is 0 Å². The predicted molar refractivity (Wildman–Crippen MR) is 45.4 cm³/mol. The third-order valence-corrected chi connectivity index (χ3v) is 2.26. The topological polar surface area (TPSA) is 56.0 Å². The lowest BCUT2D eigenvalue weighted by Gasteiger charge is -2.05. The van der Waals surface area contributed by atoms with Gasteiger partial charge in [0.15, 0.2) is 11.5 Å². The monoisotopic (exact) mass is 268 g/mol. The van der Waals surface area contributed by atoms with Crippen molar-refractivity contribution < 1.29 is 18.0 Å². The summed E-state index contributed by atoms with van der Waals surface area (Å²) in [6, 6.07) is 0. The van der Waals surface area contributed by atoms with E-state index in [4.69, 9.17) is 5.73 Å². The number of alkyl halides is 2. The molecule has 0 aliphatic heterocycles. The van der Waals surface area contributed by atoms with Crippen molar-refractivity contribution in [3.05, 3.63) is 27.7 Å². The number of nitrogens with zero attached hydrogens (tertiary/aromatic N) is 1. The molecule has 0 aromatic carbocycles. The average Bonchev–Trinajstić information content (AvgIpc) is 2.08. The molecule has 1 rings (SSSR count). The lowest BCUT2D eigenvalue weighted by atomic mass is 10.2. The minimum absolute atomic E-state index is 0.490. The molecule has 0 spiro atoms. The first kappa shape index (κ1) is 11.0. The van der Waals surface area contributed by atoms with Gasteiger partial charge in [0.25, 0.3) is 12.3 Å². The first-order chi connectivity index (χ1) is 6.45. The van der Waals surface area contributed by atoms with Crippen molar-refractivity contribution in [3.63, 3.8) is 0 Å². The molecule has 1 aromatic rings. The highest BCUT2D eigenvalue weighted by Crippen LogP contribution is 2.29. The Kier molecular flexibility index (Phi) is 3.10. The number of nitrogens with two attached hydrogens (primary N) is 1. The maximum absolute atomic E-state index is 13.1. The molecule has 1 heterocycles. The van der Waals surface area contributed by atoms with E-state index in [1.54, 1.807) is 0 Å². The van der Waals surface area contributed by atoms with Crippen LogP contribution in [0.3, 0.4) is 0 Å². The van der Waals surface area contributed by atoms with Crippen molar-refractivity contribution in [3.8, 4) is 0 Å². The van der Waals surface area contributed by atoms with E-state index in [-0.39, 0.29) is 0 Å². The third kappa shape index (κ3) is 1.87. The number of carbonyl (C=O) groups is 1. The molecule has 0 saturated heterocycles. The maximum atomic E-state index is 13.1. The van der Waals surface area contributed by atoms with E-state index in [2.05, 4.69) is 20.9 Å². The van der Waals surface area contributed by atoms with E-state index in [9.17, 15) is 18.0 Å². The third-order valence-electron chi connectivity index (χ3n) is 1.46. The van der Waals surface area contributed by atoms with Crippen molar-refractivity contribution in [2.75, 3.05) is 0 Å². The van der Waals surface area contributed by atoms with Crippen LogP contribution in [0.25, 0.3) is 0 Å². The van der Waals surface area contributed by atoms with Crippen LogP contribution >= 0.6 is 15.9 Å². The van der Waals surface area contributed by atoms with Crippen LogP contribution in [0.2, 0.25) is 0 Å². The zero-order valence-corrected chi connectivity index (χ0v) is 8.19. The highest BCUT2D eigenvalue weighted by atomic mass is 79.9. The van der Waals surface area contributed by atoms with Crippen molar-refractivity contribution in [2.24, 2.45) is 5.73 Å². The minimum atomic E-state index is -2.87. The summed E-state index contributed by atoms with van der Waals surface area (Å²) in [5, 5.41) is 0. The lowest BCUT2D eigenvalue weighted by molar-refractivity contribution is 0.0989. The van der Waals surface area contributed by atoms with Gasteiger partial charge in [0.2, 0.25) is 0 Å². The summed E-state index contributed by atoms with van der Waals surface area (Å²) in [6.45, 7) is 0. The first-order valence-corrected chi connectivity index (χ1v) is 4.16. The molecule has 0 unspecified atom stereocenters. The molecule has 2 N–H and O–H groups in total. The number of aromatic nitrogens is 1. The number of carbonyl (C=O) groups excluding carboxylic acids is 1. The van der Waals surface area contributed by atoms with Crippen LogP contribution in [-0.2, 0) is 0 Å². The SMILES string of the molecule is NC(=O)c1ncc(C(F)F)c(Br)c1F. The van der Waals surface area contributed by atoms with Gasteiger partial charge in [-0.1, -0.05) is 0 Å². The van der Waals surface area contributed by atoms with Crippen LogP contribution in [-0.4, -0.2) is 10.9 Å². The molecule has 76 valence electrons.